The zero-order valence-electron chi connectivity index (χ0n) is 18.5. The quantitative estimate of drug-likeness (QED) is 0.346. The van der Waals surface area contributed by atoms with Crippen molar-refractivity contribution < 1.29 is 23.1 Å². The monoisotopic (exact) mass is 451 g/mol. The van der Waals surface area contributed by atoms with Gasteiger partial charge in [0.05, 0.1) is 6.61 Å². The molecule has 6 heteroatoms. The second-order valence-corrected chi connectivity index (χ2v) is 7.89. The maximum absolute atomic E-state index is 13.6. The maximum Gasteiger partial charge on any atom is 0.306 e. The third-order valence-corrected chi connectivity index (χ3v) is 5.40. The summed E-state index contributed by atoms with van der Waals surface area (Å²) >= 11 is 0. The molecule has 172 valence electrons. The van der Waals surface area contributed by atoms with Gasteiger partial charge < -0.3 is 10.5 Å². The predicted molar refractivity (Wildman–Crippen MR) is 123 cm³/mol. The minimum atomic E-state index is -0.401. The lowest BCUT2D eigenvalue weighted by Crippen LogP contribution is -2.12. The second-order valence-electron chi connectivity index (χ2n) is 7.89. The van der Waals surface area contributed by atoms with Crippen molar-refractivity contribution in [3.05, 3.63) is 106 Å². The zero-order valence-corrected chi connectivity index (χ0v) is 18.5. The fourth-order valence-electron chi connectivity index (χ4n) is 3.88. The molecule has 0 aliphatic carbocycles. The molecule has 0 aliphatic heterocycles. The highest BCUT2D eigenvalue weighted by atomic mass is 19.1. The number of carbonyl (C=O) groups excluding carboxylic acids is 2. The van der Waals surface area contributed by atoms with Gasteiger partial charge in [-0.3, -0.25) is 9.59 Å². The lowest BCUT2D eigenvalue weighted by Gasteiger charge is -2.21. The van der Waals surface area contributed by atoms with Crippen LogP contribution in [0, 0.1) is 11.6 Å². The summed E-state index contributed by atoms with van der Waals surface area (Å²) in [7, 11) is 0. The topological polar surface area (TPSA) is 69.4 Å². The third-order valence-electron chi connectivity index (χ3n) is 5.40. The molecule has 0 aromatic heterocycles. The first kappa shape index (κ1) is 24.1. The Morgan fingerprint density at radius 2 is 1.27 bits per heavy atom. The average Bonchev–Trinajstić information content (AvgIpc) is 2.79. The lowest BCUT2D eigenvalue weighted by atomic mass is 9.83. The molecule has 3 aromatic rings. The van der Waals surface area contributed by atoms with E-state index in [0.717, 1.165) is 27.8 Å². The highest BCUT2D eigenvalue weighted by molar-refractivity contribution is 5.74. The average molecular weight is 452 g/mol. The van der Waals surface area contributed by atoms with Gasteiger partial charge in [-0.1, -0.05) is 42.5 Å². The number of primary amides is 1. The molecule has 0 bridgehead atoms. The molecule has 2 N–H and O–H groups in total. The van der Waals surface area contributed by atoms with Crippen molar-refractivity contribution in [1.29, 1.82) is 0 Å². The van der Waals surface area contributed by atoms with E-state index in [-0.39, 0.29) is 36.4 Å². The number of nitrogens with two attached hydrogens (primary N) is 1. The summed E-state index contributed by atoms with van der Waals surface area (Å²) in [6.07, 6.45) is 1.34. The smallest absolute Gasteiger partial charge is 0.306 e. The summed E-state index contributed by atoms with van der Waals surface area (Å²) in [6.45, 7) is 2.08. The van der Waals surface area contributed by atoms with Gasteiger partial charge in [0.25, 0.3) is 0 Å². The van der Waals surface area contributed by atoms with Gasteiger partial charge in [-0.05, 0) is 71.8 Å². The summed E-state index contributed by atoms with van der Waals surface area (Å²) in [5.41, 5.74) is 9.74. The van der Waals surface area contributed by atoms with Crippen LogP contribution in [0.25, 0.3) is 0 Å². The number of hydrogen-bond donors (Lipinski definition) is 1. The summed E-state index contributed by atoms with van der Waals surface area (Å²) < 4.78 is 32.3. The van der Waals surface area contributed by atoms with E-state index in [1.54, 1.807) is 31.2 Å². The molecule has 1 amide bonds. The third kappa shape index (κ3) is 6.97. The molecule has 4 nitrogen and oxygen atoms in total. The molecule has 0 fully saturated rings. The first-order valence-electron chi connectivity index (χ1n) is 10.9. The second kappa shape index (κ2) is 11.4. The number of hydrogen-bond acceptors (Lipinski definition) is 3. The van der Waals surface area contributed by atoms with Crippen molar-refractivity contribution in [1.82, 2.24) is 0 Å². The summed E-state index contributed by atoms with van der Waals surface area (Å²) in [6, 6.07) is 18.3. The van der Waals surface area contributed by atoms with Crippen molar-refractivity contribution in [3.8, 4) is 0 Å². The molecule has 3 rings (SSSR count). The molecule has 3 aromatic carbocycles. The van der Waals surface area contributed by atoms with Crippen LogP contribution in [0.3, 0.4) is 0 Å². The van der Waals surface area contributed by atoms with Crippen molar-refractivity contribution >= 4 is 11.9 Å². The van der Waals surface area contributed by atoms with E-state index in [1.807, 2.05) is 18.2 Å². The Labute approximate surface area is 192 Å². The Morgan fingerprint density at radius 1 is 0.788 bits per heavy atom. The van der Waals surface area contributed by atoms with Crippen LogP contribution in [0.4, 0.5) is 8.78 Å². The Bertz CT molecular complexity index is 1050. The van der Waals surface area contributed by atoms with E-state index in [9.17, 15) is 18.4 Å². The van der Waals surface area contributed by atoms with Crippen LogP contribution in [0.15, 0.2) is 66.7 Å². The number of aryl methyl sites for hydroxylation is 2. The molecule has 0 radical (unpaired) electrons. The lowest BCUT2D eigenvalue weighted by molar-refractivity contribution is -0.143. The molecule has 0 heterocycles. The first-order chi connectivity index (χ1) is 15.9. The maximum atomic E-state index is 13.6. The molecular formula is C27H27F2NO3. The van der Waals surface area contributed by atoms with Crippen LogP contribution in [-0.2, 0) is 27.2 Å². The van der Waals surface area contributed by atoms with Crippen molar-refractivity contribution in [2.45, 2.75) is 38.5 Å². The number of rotatable bonds is 10. The van der Waals surface area contributed by atoms with Gasteiger partial charge in [-0.15, -0.1) is 0 Å². The van der Waals surface area contributed by atoms with Crippen LogP contribution in [0.1, 0.15) is 53.5 Å². The van der Waals surface area contributed by atoms with E-state index >= 15 is 0 Å². The predicted octanol–water partition coefficient (Wildman–Crippen LogP) is 5.06. The zero-order chi connectivity index (χ0) is 23.8. The highest BCUT2D eigenvalue weighted by Gasteiger charge is 2.19. The number of carbonyl (C=O) groups is 2. The molecule has 0 atom stereocenters. The summed E-state index contributed by atoms with van der Waals surface area (Å²) in [5, 5.41) is 0. The molecule has 0 aliphatic rings. The molecule has 0 unspecified atom stereocenters. The Kier molecular flexibility index (Phi) is 8.30. The van der Waals surface area contributed by atoms with Crippen molar-refractivity contribution in [2.75, 3.05) is 6.61 Å². The van der Waals surface area contributed by atoms with E-state index in [4.69, 9.17) is 10.5 Å². The Balaban J connectivity index is 2.05. The van der Waals surface area contributed by atoms with E-state index < -0.39 is 5.91 Å². The molecule has 0 saturated carbocycles. The van der Waals surface area contributed by atoms with Gasteiger partial charge in [0.1, 0.15) is 11.6 Å². The van der Waals surface area contributed by atoms with E-state index in [0.29, 0.717) is 19.4 Å². The minimum absolute atomic E-state index is 0.193. The summed E-state index contributed by atoms with van der Waals surface area (Å²) in [5.74, 6) is -1.66. The SMILES string of the molecule is CCOC(=O)CCc1cc(CCC(N)=O)cc(C(c2ccc(F)cc2)c2ccc(F)cc2)c1. The van der Waals surface area contributed by atoms with Gasteiger partial charge in [-0.25, -0.2) is 8.78 Å². The van der Waals surface area contributed by atoms with Crippen LogP contribution in [-0.4, -0.2) is 18.5 Å². The Morgan fingerprint density at radius 3 is 1.73 bits per heavy atom. The van der Waals surface area contributed by atoms with E-state index in [1.165, 1.54) is 24.3 Å². The normalized spacial score (nSPS) is 10.9. The van der Waals surface area contributed by atoms with Gasteiger partial charge in [-0.2, -0.15) is 0 Å². The minimum Gasteiger partial charge on any atom is -0.466 e. The standard InChI is InChI=1S/C27H27F2NO3/c1-2-33-26(32)14-4-19-15-18(3-13-25(30)31)16-22(17-19)27(20-5-9-23(28)10-6-20)21-7-11-24(29)12-8-21/h5-12,15-17,27H,2-4,13-14H2,1H3,(H2,30,31). The fourth-order valence-corrected chi connectivity index (χ4v) is 3.88. The van der Waals surface area contributed by atoms with Crippen LogP contribution < -0.4 is 5.73 Å². The molecule has 0 saturated heterocycles. The highest BCUT2D eigenvalue weighted by Crippen LogP contribution is 2.34. The van der Waals surface area contributed by atoms with Crippen molar-refractivity contribution in [3.63, 3.8) is 0 Å². The first-order valence-corrected chi connectivity index (χ1v) is 10.9. The van der Waals surface area contributed by atoms with Gasteiger partial charge >= 0.3 is 5.97 Å². The number of amides is 1. The number of ether oxygens (including phenoxy) is 1. The largest absolute Gasteiger partial charge is 0.466 e. The number of esters is 1. The molecule has 0 spiro atoms. The number of halogens is 2. The van der Waals surface area contributed by atoms with Gasteiger partial charge in [0.15, 0.2) is 0 Å². The van der Waals surface area contributed by atoms with Crippen LogP contribution >= 0.6 is 0 Å². The fraction of sp³-hybridized carbons (Fsp3) is 0.259. The Hall–Kier alpha value is -3.54. The molecule has 33 heavy (non-hydrogen) atoms. The van der Waals surface area contributed by atoms with E-state index in [2.05, 4.69) is 0 Å². The van der Waals surface area contributed by atoms with Crippen LogP contribution in [0.5, 0.6) is 0 Å². The molecular weight excluding hydrogens is 424 g/mol. The van der Waals surface area contributed by atoms with Gasteiger partial charge in [0.2, 0.25) is 5.91 Å². The van der Waals surface area contributed by atoms with Crippen LogP contribution in [0.2, 0.25) is 0 Å². The van der Waals surface area contributed by atoms with Gasteiger partial charge in [0, 0.05) is 18.8 Å². The number of benzene rings is 3. The summed E-state index contributed by atoms with van der Waals surface area (Å²) in [4.78, 5) is 23.2. The van der Waals surface area contributed by atoms with Crippen molar-refractivity contribution in [2.24, 2.45) is 5.73 Å².